The van der Waals surface area contributed by atoms with Crippen LogP contribution in [-0.4, -0.2) is 6.61 Å². The van der Waals surface area contributed by atoms with Crippen molar-refractivity contribution < 1.29 is 9.13 Å². The molecule has 0 N–H and O–H groups in total. The van der Waals surface area contributed by atoms with Gasteiger partial charge in [-0.05, 0) is 80.4 Å². The molecule has 2 heteroatoms. The molecule has 1 nitrogen and oxygen atoms in total. The molecule has 2 aliphatic rings. The van der Waals surface area contributed by atoms with Crippen LogP contribution < -0.4 is 4.74 Å². The van der Waals surface area contributed by atoms with Crippen molar-refractivity contribution in [1.82, 2.24) is 0 Å². The van der Waals surface area contributed by atoms with Gasteiger partial charge in [-0.25, -0.2) is 4.39 Å². The Kier molecular flexibility index (Phi) is 11.1. The van der Waals surface area contributed by atoms with Gasteiger partial charge in [0.2, 0.25) is 0 Å². The number of unbranched alkanes of at least 4 members (excludes halogenated alkanes) is 2. The molecular formula is C30H47FO. The number of rotatable bonds is 13. The van der Waals surface area contributed by atoms with Crippen molar-refractivity contribution >= 4 is 0 Å². The van der Waals surface area contributed by atoms with Gasteiger partial charge >= 0.3 is 0 Å². The summed E-state index contributed by atoms with van der Waals surface area (Å²) >= 11 is 0. The summed E-state index contributed by atoms with van der Waals surface area (Å²) in [5, 5.41) is 0. The van der Waals surface area contributed by atoms with Gasteiger partial charge in [0.1, 0.15) is 0 Å². The molecule has 0 heterocycles. The van der Waals surface area contributed by atoms with Crippen LogP contribution in [0.5, 0.6) is 5.75 Å². The molecule has 0 bridgehead atoms. The van der Waals surface area contributed by atoms with Crippen molar-refractivity contribution in [2.24, 2.45) is 17.8 Å². The van der Waals surface area contributed by atoms with Crippen molar-refractivity contribution in [1.29, 1.82) is 0 Å². The number of benzene rings is 1. The third kappa shape index (κ3) is 8.56. The molecule has 1 atom stereocenters. The lowest BCUT2D eigenvalue weighted by Crippen LogP contribution is -2.16. The molecule has 1 saturated carbocycles. The van der Waals surface area contributed by atoms with Crippen LogP contribution in [0, 0.1) is 23.6 Å². The molecule has 0 amide bonds. The molecule has 1 fully saturated rings. The molecule has 0 radical (unpaired) electrons. The predicted octanol–water partition coefficient (Wildman–Crippen LogP) is 9.44. The Morgan fingerprint density at radius 2 is 1.59 bits per heavy atom. The van der Waals surface area contributed by atoms with E-state index in [1.54, 1.807) is 11.6 Å². The van der Waals surface area contributed by atoms with Gasteiger partial charge in [0.05, 0.1) is 6.61 Å². The van der Waals surface area contributed by atoms with Gasteiger partial charge in [0.25, 0.3) is 0 Å². The fourth-order valence-electron chi connectivity index (χ4n) is 5.78. The van der Waals surface area contributed by atoms with Crippen LogP contribution in [0.3, 0.4) is 0 Å². The average Bonchev–Trinajstić information content (AvgIpc) is 2.82. The predicted molar refractivity (Wildman–Crippen MR) is 135 cm³/mol. The highest BCUT2D eigenvalue weighted by atomic mass is 19.1. The Balaban J connectivity index is 1.33. The van der Waals surface area contributed by atoms with Gasteiger partial charge in [-0.1, -0.05) is 89.4 Å². The molecule has 0 aromatic heterocycles. The Morgan fingerprint density at radius 1 is 0.844 bits per heavy atom. The molecule has 32 heavy (non-hydrogen) atoms. The van der Waals surface area contributed by atoms with E-state index in [4.69, 9.17) is 4.74 Å². The monoisotopic (exact) mass is 442 g/mol. The minimum absolute atomic E-state index is 0.208. The lowest BCUT2D eigenvalue weighted by Gasteiger charge is -2.30. The number of ether oxygens (including phenoxy) is 1. The molecule has 1 unspecified atom stereocenters. The van der Waals surface area contributed by atoms with E-state index in [2.05, 4.69) is 19.9 Å². The van der Waals surface area contributed by atoms with Crippen molar-refractivity contribution in [2.75, 3.05) is 6.61 Å². The van der Waals surface area contributed by atoms with E-state index in [0.717, 1.165) is 55.4 Å². The van der Waals surface area contributed by atoms with Crippen LogP contribution in [0.25, 0.3) is 0 Å². The zero-order valence-electron chi connectivity index (χ0n) is 20.8. The van der Waals surface area contributed by atoms with Crippen LogP contribution in [-0.2, 0) is 6.42 Å². The van der Waals surface area contributed by atoms with Crippen molar-refractivity contribution in [2.45, 2.75) is 117 Å². The molecule has 0 spiro atoms. The topological polar surface area (TPSA) is 9.23 Å². The smallest absolute Gasteiger partial charge is 0.165 e. The van der Waals surface area contributed by atoms with Crippen LogP contribution in [0.2, 0.25) is 0 Å². The van der Waals surface area contributed by atoms with E-state index in [9.17, 15) is 4.39 Å². The maximum atomic E-state index is 14.3. The molecule has 1 aromatic carbocycles. The molecule has 0 saturated heterocycles. The van der Waals surface area contributed by atoms with Crippen LogP contribution in [0.15, 0.2) is 29.8 Å². The van der Waals surface area contributed by atoms with Gasteiger partial charge in [-0.15, -0.1) is 0 Å². The molecule has 0 aliphatic heterocycles. The van der Waals surface area contributed by atoms with E-state index in [1.807, 2.05) is 12.1 Å². The maximum absolute atomic E-state index is 14.3. The van der Waals surface area contributed by atoms with Gasteiger partial charge in [-0.3, -0.25) is 0 Å². The third-order valence-electron chi connectivity index (χ3n) is 8.00. The minimum atomic E-state index is -0.208. The lowest BCUT2D eigenvalue weighted by molar-refractivity contribution is 0.236. The highest BCUT2D eigenvalue weighted by molar-refractivity contribution is 5.30. The van der Waals surface area contributed by atoms with E-state index in [-0.39, 0.29) is 5.82 Å². The van der Waals surface area contributed by atoms with Crippen molar-refractivity contribution in [3.05, 3.63) is 41.2 Å². The van der Waals surface area contributed by atoms with Gasteiger partial charge in [-0.2, -0.15) is 0 Å². The summed E-state index contributed by atoms with van der Waals surface area (Å²) in [7, 11) is 0. The molecular weight excluding hydrogens is 395 g/mol. The van der Waals surface area contributed by atoms with E-state index in [0.29, 0.717) is 12.4 Å². The van der Waals surface area contributed by atoms with Crippen LogP contribution in [0.4, 0.5) is 4.39 Å². The first-order valence-electron chi connectivity index (χ1n) is 13.8. The normalized spacial score (nSPS) is 23.7. The Bertz CT molecular complexity index is 686. The first-order chi connectivity index (χ1) is 15.7. The number of allylic oxidation sites excluding steroid dienone is 2. The number of aryl methyl sites for hydroxylation is 1. The number of halogens is 1. The summed E-state index contributed by atoms with van der Waals surface area (Å²) < 4.78 is 19.9. The summed E-state index contributed by atoms with van der Waals surface area (Å²) in [6.07, 6.45) is 23.3. The Morgan fingerprint density at radius 3 is 2.25 bits per heavy atom. The second kappa shape index (κ2) is 14.1. The summed E-state index contributed by atoms with van der Waals surface area (Å²) in [6, 6.07) is 5.54. The van der Waals surface area contributed by atoms with E-state index < -0.39 is 0 Å². The number of hydrogen-bond donors (Lipinski definition) is 0. The van der Waals surface area contributed by atoms with Gasteiger partial charge < -0.3 is 4.74 Å². The van der Waals surface area contributed by atoms with Crippen molar-refractivity contribution in [3.63, 3.8) is 0 Å². The number of hydrogen-bond acceptors (Lipinski definition) is 1. The first-order valence-corrected chi connectivity index (χ1v) is 13.8. The highest BCUT2D eigenvalue weighted by Gasteiger charge is 2.22. The fourth-order valence-corrected chi connectivity index (χ4v) is 5.78. The molecule has 3 rings (SSSR count). The fraction of sp³-hybridized carbons (Fsp3) is 0.733. The summed E-state index contributed by atoms with van der Waals surface area (Å²) in [5.41, 5.74) is 2.67. The largest absolute Gasteiger partial charge is 0.491 e. The SMILES string of the molecule is CCCCCOc1ccc(CCC2=CCC(CC[C@H]3CC[C@H](CCC)CC3)CC2)cc1F. The third-order valence-corrected chi connectivity index (χ3v) is 8.00. The zero-order valence-corrected chi connectivity index (χ0v) is 20.8. The van der Waals surface area contributed by atoms with E-state index in [1.165, 1.54) is 70.6 Å². The molecule has 2 aliphatic carbocycles. The minimum Gasteiger partial charge on any atom is -0.491 e. The van der Waals surface area contributed by atoms with E-state index >= 15 is 0 Å². The quantitative estimate of drug-likeness (QED) is 0.218. The summed E-state index contributed by atoms with van der Waals surface area (Å²) in [5.74, 6) is 3.12. The average molecular weight is 443 g/mol. The van der Waals surface area contributed by atoms with Gasteiger partial charge in [0.15, 0.2) is 11.6 Å². The van der Waals surface area contributed by atoms with Crippen molar-refractivity contribution in [3.8, 4) is 5.75 Å². The van der Waals surface area contributed by atoms with Crippen LogP contribution in [0.1, 0.15) is 116 Å². The Labute approximate surface area is 197 Å². The molecule has 180 valence electrons. The highest BCUT2D eigenvalue weighted by Crippen LogP contribution is 2.36. The summed E-state index contributed by atoms with van der Waals surface area (Å²) in [4.78, 5) is 0. The second-order valence-corrected chi connectivity index (χ2v) is 10.6. The maximum Gasteiger partial charge on any atom is 0.165 e. The van der Waals surface area contributed by atoms with Gasteiger partial charge in [0, 0.05) is 0 Å². The lowest BCUT2D eigenvalue weighted by atomic mass is 9.76. The van der Waals surface area contributed by atoms with Crippen LogP contribution >= 0.6 is 0 Å². The second-order valence-electron chi connectivity index (χ2n) is 10.6. The zero-order chi connectivity index (χ0) is 22.6. The Hall–Kier alpha value is -1.31. The standard InChI is InChI=1S/C30H47FO/c1-3-5-6-22-32-30-21-20-28(23-29(30)31)19-18-27-16-14-26(15-17-27)13-12-25-10-8-24(7-4-2)9-11-25/h16,20-21,23-26H,3-15,17-19,22H2,1-2H3/t24-,25-,26?. The first kappa shape index (κ1) is 25.3. The summed E-state index contributed by atoms with van der Waals surface area (Å²) in [6.45, 7) is 5.10. The molecule has 1 aromatic rings.